The summed E-state index contributed by atoms with van der Waals surface area (Å²) in [5.41, 5.74) is 1.45. The number of amides is 1. The van der Waals surface area contributed by atoms with E-state index in [1.165, 1.54) is 12.1 Å². The van der Waals surface area contributed by atoms with Gasteiger partial charge in [0.05, 0.1) is 4.90 Å². The Hall–Kier alpha value is -3.32. The fourth-order valence-corrected chi connectivity index (χ4v) is 3.92. The zero-order valence-electron chi connectivity index (χ0n) is 17.8. The van der Waals surface area contributed by atoms with Gasteiger partial charge < -0.3 is 10.1 Å². The molecule has 0 aliphatic carbocycles. The van der Waals surface area contributed by atoms with E-state index in [0.29, 0.717) is 40.8 Å². The Morgan fingerprint density at radius 3 is 2.23 bits per heavy atom. The van der Waals surface area contributed by atoms with Crippen molar-refractivity contribution >= 4 is 21.6 Å². The number of sulfonamides is 1. The van der Waals surface area contributed by atoms with Gasteiger partial charge in [-0.1, -0.05) is 38.1 Å². The highest BCUT2D eigenvalue weighted by Gasteiger charge is 2.18. The minimum Gasteiger partial charge on any atom is -0.457 e. The highest BCUT2D eigenvalue weighted by Crippen LogP contribution is 2.24. The van der Waals surface area contributed by atoms with Crippen LogP contribution in [0, 0.1) is 12.8 Å². The number of ether oxygens (including phenoxy) is 1. The Labute approximate surface area is 183 Å². The quantitative estimate of drug-likeness (QED) is 0.520. The monoisotopic (exact) mass is 438 g/mol. The molecule has 1 amide bonds. The molecule has 0 atom stereocenters. The molecule has 6 nitrogen and oxygen atoms in total. The third kappa shape index (κ3) is 6.08. The highest BCUT2D eigenvalue weighted by molar-refractivity contribution is 7.92. The average molecular weight is 439 g/mol. The fraction of sp³-hybridized carbons (Fsp3) is 0.208. The van der Waals surface area contributed by atoms with Crippen molar-refractivity contribution in [2.24, 2.45) is 5.92 Å². The summed E-state index contributed by atoms with van der Waals surface area (Å²) in [7, 11) is -3.86. The molecule has 2 N–H and O–H groups in total. The smallest absolute Gasteiger partial charge is 0.261 e. The van der Waals surface area contributed by atoms with E-state index in [2.05, 4.69) is 10.0 Å². The molecule has 162 valence electrons. The molecule has 0 aromatic heterocycles. The second-order valence-electron chi connectivity index (χ2n) is 7.63. The molecule has 7 heteroatoms. The van der Waals surface area contributed by atoms with Crippen LogP contribution in [-0.2, 0) is 10.0 Å². The normalized spacial score (nSPS) is 11.2. The van der Waals surface area contributed by atoms with Crippen molar-refractivity contribution in [2.45, 2.75) is 25.7 Å². The molecular weight excluding hydrogens is 412 g/mol. The zero-order chi connectivity index (χ0) is 22.4. The predicted octanol–water partition coefficient (Wildman–Crippen LogP) is 4.97. The van der Waals surface area contributed by atoms with E-state index in [9.17, 15) is 13.2 Å². The van der Waals surface area contributed by atoms with Gasteiger partial charge in [-0.2, -0.15) is 0 Å². The van der Waals surface area contributed by atoms with Crippen LogP contribution in [0.15, 0.2) is 77.7 Å². The van der Waals surface area contributed by atoms with Crippen LogP contribution in [0.4, 0.5) is 5.69 Å². The highest BCUT2D eigenvalue weighted by atomic mass is 32.2. The number of aryl methyl sites for hydroxylation is 1. The molecule has 0 radical (unpaired) electrons. The second kappa shape index (κ2) is 9.66. The van der Waals surface area contributed by atoms with Crippen molar-refractivity contribution in [1.82, 2.24) is 5.32 Å². The lowest BCUT2D eigenvalue weighted by atomic mass is 10.1. The topological polar surface area (TPSA) is 84.5 Å². The summed E-state index contributed by atoms with van der Waals surface area (Å²) in [5.74, 6) is 1.30. The molecule has 0 aliphatic rings. The molecule has 0 bridgehead atoms. The van der Waals surface area contributed by atoms with Gasteiger partial charge in [0.2, 0.25) is 0 Å². The lowest BCUT2D eigenvalue weighted by molar-refractivity contribution is 0.0948. The molecule has 0 aliphatic heterocycles. The van der Waals surface area contributed by atoms with Crippen LogP contribution in [0.5, 0.6) is 11.5 Å². The van der Waals surface area contributed by atoms with Gasteiger partial charge >= 0.3 is 0 Å². The van der Waals surface area contributed by atoms with Crippen molar-refractivity contribution in [3.05, 3.63) is 83.9 Å². The number of hydrogen-bond donors (Lipinski definition) is 2. The molecular formula is C24H26N2O4S. The Morgan fingerprint density at radius 1 is 0.935 bits per heavy atom. The number of rotatable bonds is 8. The van der Waals surface area contributed by atoms with Crippen molar-refractivity contribution < 1.29 is 17.9 Å². The standard InChI is InChI=1S/C24H26N2O4S/c1-17(2)16-25-24(27)23-15-22(14-9-18(23)3)31(28,29)26-19-10-12-21(13-11-19)30-20-7-5-4-6-8-20/h4-15,17,26H,16H2,1-3H3,(H,25,27). The van der Waals surface area contributed by atoms with Crippen molar-refractivity contribution in [1.29, 1.82) is 0 Å². The maximum Gasteiger partial charge on any atom is 0.261 e. The van der Waals surface area contributed by atoms with E-state index in [0.717, 1.165) is 0 Å². The van der Waals surface area contributed by atoms with Crippen molar-refractivity contribution in [3.8, 4) is 11.5 Å². The number of carbonyl (C=O) groups is 1. The first-order valence-corrected chi connectivity index (χ1v) is 11.5. The van der Waals surface area contributed by atoms with Gasteiger partial charge in [-0.25, -0.2) is 8.42 Å². The maximum atomic E-state index is 12.9. The predicted molar refractivity (Wildman–Crippen MR) is 122 cm³/mol. The minimum atomic E-state index is -3.86. The lowest BCUT2D eigenvalue weighted by Crippen LogP contribution is -2.28. The molecule has 0 fully saturated rings. The first-order valence-electron chi connectivity index (χ1n) is 9.99. The van der Waals surface area contributed by atoms with Crippen molar-refractivity contribution in [2.75, 3.05) is 11.3 Å². The summed E-state index contributed by atoms with van der Waals surface area (Å²) in [4.78, 5) is 12.5. The van der Waals surface area contributed by atoms with Crippen LogP contribution in [0.3, 0.4) is 0 Å². The van der Waals surface area contributed by atoms with E-state index in [4.69, 9.17) is 4.74 Å². The molecule has 3 rings (SSSR count). The third-order valence-corrected chi connectivity index (χ3v) is 5.90. The Morgan fingerprint density at radius 2 is 1.58 bits per heavy atom. The summed E-state index contributed by atoms with van der Waals surface area (Å²) < 4.78 is 34.0. The van der Waals surface area contributed by atoms with Gasteiger partial charge in [0.25, 0.3) is 15.9 Å². The van der Waals surface area contributed by atoms with E-state index in [1.807, 2.05) is 44.2 Å². The summed E-state index contributed by atoms with van der Waals surface area (Å²) >= 11 is 0. The second-order valence-corrected chi connectivity index (χ2v) is 9.31. The molecule has 3 aromatic rings. The van der Waals surface area contributed by atoms with Gasteiger partial charge in [-0.3, -0.25) is 9.52 Å². The number of para-hydroxylation sites is 1. The molecule has 0 saturated carbocycles. The third-order valence-electron chi connectivity index (χ3n) is 4.52. The largest absolute Gasteiger partial charge is 0.457 e. The summed E-state index contributed by atoms with van der Waals surface area (Å²) in [6, 6.07) is 20.5. The van der Waals surface area contributed by atoms with Crippen LogP contribution in [0.1, 0.15) is 29.8 Å². The van der Waals surface area contributed by atoms with Gasteiger partial charge in [-0.15, -0.1) is 0 Å². The molecule has 0 unspecified atom stereocenters. The van der Waals surface area contributed by atoms with E-state index < -0.39 is 10.0 Å². The zero-order valence-corrected chi connectivity index (χ0v) is 18.6. The first-order chi connectivity index (χ1) is 14.7. The van der Waals surface area contributed by atoms with Gasteiger partial charge in [-0.05, 0) is 66.9 Å². The summed E-state index contributed by atoms with van der Waals surface area (Å²) in [5, 5.41) is 2.83. The molecule has 0 saturated heterocycles. The lowest BCUT2D eigenvalue weighted by Gasteiger charge is -2.13. The number of anilines is 1. The van der Waals surface area contributed by atoms with E-state index >= 15 is 0 Å². The van der Waals surface area contributed by atoms with Gasteiger partial charge in [0.1, 0.15) is 11.5 Å². The average Bonchev–Trinajstić information content (AvgIpc) is 2.74. The van der Waals surface area contributed by atoms with Crippen LogP contribution in [0.25, 0.3) is 0 Å². The van der Waals surface area contributed by atoms with E-state index in [1.54, 1.807) is 37.3 Å². The van der Waals surface area contributed by atoms with Crippen molar-refractivity contribution in [3.63, 3.8) is 0 Å². The Bertz CT molecular complexity index is 1140. The van der Waals surface area contributed by atoms with Gasteiger partial charge in [0, 0.05) is 17.8 Å². The fourth-order valence-electron chi connectivity index (χ4n) is 2.83. The number of nitrogens with one attached hydrogen (secondary N) is 2. The summed E-state index contributed by atoms with van der Waals surface area (Å²) in [6.07, 6.45) is 0. The van der Waals surface area contributed by atoms with Gasteiger partial charge in [0.15, 0.2) is 0 Å². The van der Waals surface area contributed by atoms with E-state index in [-0.39, 0.29) is 10.8 Å². The number of carbonyl (C=O) groups excluding carboxylic acids is 1. The molecule has 0 heterocycles. The van der Waals surface area contributed by atoms with Crippen LogP contribution >= 0.6 is 0 Å². The van der Waals surface area contributed by atoms with Crippen LogP contribution in [0.2, 0.25) is 0 Å². The van der Waals surface area contributed by atoms with Crippen LogP contribution < -0.4 is 14.8 Å². The minimum absolute atomic E-state index is 0.0254. The Kier molecular flexibility index (Phi) is 6.97. The molecule has 31 heavy (non-hydrogen) atoms. The molecule has 0 spiro atoms. The maximum absolute atomic E-state index is 12.9. The number of hydrogen-bond acceptors (Lipinski definition) is 4. The first kappa shape index (κ1) is 22.4. The summed E-state index contributed by atoms with van der Waals surface area (Å²) in [6.45, 7) is 6.28. The van der Waals surface area contributed by atoms with Crippen LogP contribution in [-0.4, -0.2) is 20.9 Å². The Balaban J connectivity index is 1.74. The number of benzene rings is 3. The SMILES string of the molecule is Cc1ccc(S(=O)(=O)Nc2ccc(Oc3ccccc3)cc2)cc1C(=O)NCC(C)C. The molecule has 3 aromatic carbocycles.